The summed E-state index contributed by atoms with van der Waals surface area (Å²) in [5.74, 6) is -0.706. The van der Waals surface area contributed by atoms with Crippen molar-refractivity contribution >= 4 is 28.3 Å². The molecule has 0 unspecified atom stereocenters. The molecule has 1 saturated heterocycles. The van der Waals surface area contributed by atoms with Gasteiger partial charge in [0.1, 0.15) is 5.69 Å². The Kier molecular flexibility index (Phi) is 5.18. The van der Waals surface area contributed by atoms with Crippen LogP contribution in [0, 0.1) is 0 Å². The second-order valence-corrected chi connectivity index (χ2v) is 5.43. The van der Waals surface area contributed by atoms with Crippen LogP contribution in [-0.2, 0) is 9.53 Å². The minimum Gasteiger partial charge on any atom is -0.377 e. The number of carbonyl (C=O) groups excluding carboxylic acids is 2. The number of nitrogens with one attached hydrogen (secondary N) is 1. The third-order valence-electron chi connectivity index (χ3n) is 2.94. The van der Waals surface area contributed by atoms with Crippen LogP contribution in [0.15, 0.2) is 5.38 Å². The molecule has 21 heavy (non-hydrogen) atoms. The average Bonchev–Trinajstić information content (AvgIpc) is 2.85. The number of carbonyl (C=O) groups is 2. The number of morpholine rings is 1. The quantitative estimate of drug-likeness (QED) is 0.915. The molecule has 0 aromatic carbocycles. The van der Waals surface area contributed by atoms with Crippen molar-refractivity contribution in [3.05, 3.63) is 11.1 Å². The first-order valence-electron chi connectivity index (χ1n) is 6.37. The number of hydrogen-bond acceptors (Lipinski definition) is 5. The van der Waals surface area contributed by atoms with E-state index >= 15 is 0 Å². The summed E-state index contributed by atoms with van der Waals surface area (Å²) < 4.78 is 30.3. The second-order valence-electron chi connectivity index (χ2n) is 4.57. The van der Waals surface area contributed by atoms with Gasteiger partial charge in [-0.1, -0.05) is 0 Å². The van der Waals surface area contributed by atoms with Crippen LogP contribution in [0.25, 0.3) is 0 Å². The van der Waals surface area contributed by atoms with Crippen molar-refractivity contribution in [2.75, 3.05) is 25.1 Å². The number of aromatic nitrogens is 1. The van der Waals surface area contributed by atoms with Gasteiger partial charge in [-0.2, -0.15) is 0 Å². The van der Waals surface area contributed by atoms with Crippen LogP contribution in [0.4, 0.5) is 13.9 Å². The molecule has 0 bridgehead atoms. The lowest BCUT2D eigenvalue weighted by Crippen LogP contribution is -2.49. The summed E-state index contributed by atoms with van der Waals surface area (Å²) >= 11 is 1.12. The van der Waals surface area contributed by atoms with Crippen molar-refractivity contribution in [3.63, 3.8) is 0 Å². The summed E-state index contributed by atoms with van der Waals surface area (Å²) in [6.45, 7) is 2.00. The third kappa shape index (κ3) is 4.18. The molecule has 116 valence electrons. The highest BCUT2D eigenvalue weighted by molar-refractivity contribution is 7.14. The van der Waals surface area contributed by atoms with Gasteiger partial charge >= 0.3 is 0 Å². The molecule has 1 N–H and O–H groups in total. The molecule has 2 heterocycles. The fraction of sp³-hybridized carbons (Fsp3) is 0.583. The number of amides is 2. The van der Waals surface area contributed by atoms with E-state index in [-0.39, 0.29) is 24.8 Å². The fourth-order valence-corrected chi connectivity index (χ4v) is 2.78. The molecule has 2 rings (SSSR count). The smallest absolute Gasteiger partial charge is 0.273 e. The van der Waals surface area contributed by atoms with E-state index in [0.29, 0.717) is 11.7 Å². The highest BCUT2D eigenvalue weighted by Crippen LogP contribution is 2.21. The van der Waals surface area contributed by atoms with Gasteiger partial charge in [0, 0.05) is 25.3 Å². The minimum absolute atomic E-state index is 0.0960. The van der Waals surface area contributed by atoms with Crippen molar-refractivity contribution < 1.29 is 23.1 Å². The molecule has 1 aliphatic heterocycles. The van der Waals surface area contributed by atoms with Gasteiger partial charge in [0.15, 0.2) is 5.13 Å². The van der Waals surface area contributed by atoms with Crippen LogP contribution in [-0.4, -0.2) is 53.9 Å². The molecular weight excluding hydrogens is 304 g/mol. The number of anilines is 1. The van der Waals surface area contributed by atoms with Gasteiger partial charge in [-0.25, -0.2) is 13.8 Å². The Hall–Kier alpha value is -1.61. The Morgan fingerprint density at radius 2 is 2.38 bits per heavy atom. The maximum atomic E-state index is 12.6. The molecule has 1 fully saturated rings. The SMILES string of the molecule is CC(=O)Nc1nc(C(=O)N2CCOC[C@@H]2CC(F)F)cs1. The van der Waals surface area contributed by atoms with Gasteiger partial charge in [-0.05, 0) is 0 Å². The summed E-state index contributed by atoms with van der Waals surface area (Å²) in [7, 11) is 0. The van der Waals surface area contributed by atoms with Crippen molar-refractivity contribution in [2.24, 2.45) is 0 Å². The van der Waals surface area contributed by atoms with E-state index in [1.165, 1.54) is 17.2 Å². The predicted octanol–water partition coefficient (Wildman–Crippen LogP) is 1.60. The first-order chi connectivity index (χ1) is 9.97. The molecule has 0 spiro atoms. The summed E-state index contributed by atoms with van der Waals surface area (Å²) in [5.41, 5.74) is 0.143. The zero-order valence-corrected chi connectivity index (χ0v) is 12.2. The van der Waals surface area contributed by atoms with Crippen LogP contribution < -0.4 is 5.32 Å². The number of rotatable bonds is 4. The van der Waals surface area contributed by atoms with Crippen molar-refractivity contribution in [2.45, 2.75) is 25.8 Å². The van der Waals surface area contributed by atoms with Crippen LogP contribution in [0.5, 0.6) is 0 Å². The van der Waals surface area contributed by atoms with E-state index in [4.69, 9.17) is 4.74 Å². The van der Waals surface area contributed by atoms with Crippen molar-refractivity contribution in [1.82, 2.24) is 9.88 Å². The highest BCUT2D eigenvalue weighted by atomic mass is 32.1. The van der Waals surface area contributed by atoms with Gasteiger partial charge in [0.05, 0.1) is 19.3 Å². The minimum atomic E-state index is -2.50. The first kappa shape index (κ1) is 15.8. The molecule has 6 nitrogen and oxygen atoms in total. The van der Waals surface area contributed by atoms with Crippen LogP contribution in [0.2, 0.25) is 0 Å². The van der Waals surface area contributed by atoms with E-state index in [9.17, 15) is 18.4 Å². The summed E-state index contributed by atoms with van der Waals surface area (Å²) in [4.78, 5) is 28.6. The second kappa shape index (κ2) is 6.90. The monoisotopic (exact) mass is 319 g/mol. The zero-order chi connectivity index (χ0) is 15.4. The molecule has 2 amide bonds. The lowest BCUT2D eigenvalue weighted by molar-refractivity contribution is -0.114. The predicted molar refractivity (Wildman–Crippen MR) is 72.7 cm³/mol. The van der Waals surface area contributed by atoms with E-state index in [0.717, 1.165) is 11.3 Å². The number of halogens is 2. The number of nitrogens with zero attached hydrogens (tertiary/aromatic N) is 2. The van der Waals surface area contributed by atoms with Crippen LogP contribution >= 0.6 is 11.3 Å². The lowest BCUT2D eigenvalue weighted by atomic mass is 10.1. The van der Waals surface area contributed by atoms with Gasteiger partial charge in [-0.3, -0.25) is 9.59 Å². The number of thiazole rings is 1. The van der Waals surface area contributed by atoms with Crippen LogP contribution in [0.3, 0.4) is 0 Å². The van der Waals surface area contributed by atoms with Gasteiger partial charge in [0.25, 0.3) is 5.91 Å². The molecule has 0 saturated carbocycles. The normalized spacial score (nSPS) is 18.9. The summed E-state index contributed by atoms with van der Waals surface area (Å²) in [6.07, 6.45) is -2.92. The molecule has 1 aromatic rings. The molecule has 9 heteroatoms. The molecule has 0 aliphatic carbocycles. The number of hydrogen-bond donors (Lipinski definition) is 1. The van der Waals surface area contributed by atoms with Gasteiger partial charge in [0.2, 0.25) is 12.3 Å². The standard InChI is InChI=1S/C12H15F2N3O3S/c1-7(18)15-12-16-9(6-21-12)11(19)17-2-3-20-5-8(17)4-10(13)14/h6,8,10H,2-5H2,1H3,(H,15,16,18)/t8-/m0/s1. The zero-order valence-electron chi connectivity index (χ0n) is 11.3. The van der Waals surface area contributed by atoms with E-state index in [1.807, 2.05) is 0 Å². The third-order valence-corrected chi connectivity index (χ3v) is 3.70. The Bertz CT molecular complexity index is 524. The first-order valence-corrected chi connectivity index (χ1v) is 7.25. The largest absolute Gasteiger partial charge is 0.377 e. The molecular formula is C12H15F2N3O3S. The molecule has 1 aliphatic rings. The summed E-state index contributed by atoms with van der Waals surface area (Å²) in [6, 6.07) is -0.655. The van der Waals surface area contributed by atoms with Gasteiger partial charge < -0.3 is 15.0 Å². The number of alkyl halides is 2. The Balaban J connectivity index is 2.09. The van der Waals surface area contributed by atoms with Crippen LogP contribution in [0.1, 0.15) is 23.8 Å². The topological polar surface area (TPSA) is 71.5 Å². The van der Waals surface area contributed by atoms with E-state index in [1.54, 1.807) is 0 Å². The average molecular weight is 319 g/mol. The summed E-state index contributed by atoms with van der Waals surface area (Å²) in [5, 5.41) is 4.29. The van der Waals surface area contributed by atoms with Gasteiger partial charge in [-0.15, -0.1) is 11.3 Å². The Morgan fingerprint density at radius 1 is 1.62 bits per heavy atom. The Labute approximate surface area is 124 Å². The molecule has 0 radical (unpaired) electrons. The highest BCUT2D eigenvalue weighted by Gasteiger charge is 2.31. The maximum absolute atomic E-state index is 12.6. The fourth-order valence-electron chi connectivity index (χ4n) is 2.05. The maximum Gasteiger partial charge on any atom is 0.273 e. The Morgan fingerprint density at radius 3 is 3.05 bits per heavy atom. The molecule has 1 aromatic heterocycles. The van der Waals surface area contributed by atoms with Crippen molar-refractivity contribution in [3.8, 4) is 0 Å². The lowest BCUT2D eigenvalue weighted by Gasteiger charge is -2.35. The van der Waals surface area contributed by atoms with Crippen molar-refractivity contribution in [1.29, 1.82) is 0 Å². The van der Waals surface area contributed by atoms with E-state index < -0.39 is 24.8 Å². The number of ether oxygens (including phenoxy) is 1. The molecule has 1 atom stereocenters. The van der Waals surface area contributed by atoms with E-state index in [2.05, 4.69) is 10.3 Å².